The number of thiazole rings is 1. The van der Waals surface area contributed by atoms with Gasteiger partial charge in [0.05, 0.1) is 16.1 Å². The molecule has 0 amide bonds. The normalized spacial score (nSPS) is 19.2. The van der Waals surface area contributed by atoms with E-state index in [1.54, 1.807) is 31.5 Å². The number of para-hydroxylation sites is 1. The number of aromatic carboxylic acids is 1. The highest BCUT2D eigenvalue weighted by molar-refractivity contribution is 7.16. The highest BCUT2D eigenvalue weighted by atomic mass is 35.5. The molecule has 1 fully saturated rings. The molecule has 40 heavy (non-hydrogen) atoms. The van der Waals surface area contributed by atoms with Crippen LogP contribution in [0.5, 0.6) is 11.5 Å². The summed E-state index contributed by atoms with van der Waals surface area (Å²) in [6.07, 6.45) is 5.27. The van der Waals surface area contributed by atoms with Gasteiger partial charge >= 0.3 is 5.97 Å². The third kappa shape index (κ3) is 5.05. The number of hydrogen-bond donors (Lipinski definition) is 1. The van der Waals surface area contributed by atoms with Gasteiger partial charge in [-0.25, -0.2) is 14.2 Å². The minimum atomic E-state index is -1.27. The second-order valence-electron chi connectivity index (χ2n) is 10.3. The smallest absolute Gasteiger partial charge is 0.365 e. The average molecular weight is 580 g/mol. The third-order valence-electron chi connectivity index (χ3n) is 7.59. The molecule has 2 aromatic heterocycles. The zero-order chi connectivity index (χ0) is 28.0. The molecule has 4 aromatic rings. The van der Waals surface area contributed by atoms with Crippen molar-refractivity contribution in [2.24, 2.45) is 0 Å². The molecule has 1 N–H and O–H groups in total. The van der Waals surface area contributed by atoms with Gasteiger partial charge in [-0.15, -0.1) is 11.3 Å². The number of carboxylic acids is 1. The Morgan fingerprint density at radius 3 is 2.67 bits per heavy atom. The number of halogens is 2. The summed E-state index contributed by atoms with van der Waals surface area (Å²) in [7, 11) is 0. The number of fused-ring (bicyclic) bond motifs is 1. The van der Waals surface area contributed by atoms with Gasteiger partial charge in [-0.05, 0) is 74.7 Å². The van der Waals surface area contributed by atoms with E-state index in [2.05, 4.69) is 16.0 Å². The van der Waals surface area contributed by atoms with E-state index in [1.165, 1.54) is 6.07 Å². The van der Waals surface area contributed by atoms with Crippen LogP contribution < -0.4 is 9.47 Å². The molecule has 7 nitrogen and oxygen atoms in total. The van der Waals surface area contributed by atoms with Gasteiger partial charge in [0, 0.05) is 42.0 Å². The maximum atomic E-state index is 14.7. The lowest BCUT2D eigenvalue weighted by molar-refractivity contribution is -0.0712. The van der Waals surface area contributed by atoms with Crippen LogP contribution in [0.25, 0.3) is 10.4 Å². The van der Waals surface area contributed by atoms with Crippen molar-refractivity contribution in [1.29, 1.82) is 0 Å². The summed E-state index contributed by atoms with van der Waals surface area (Å²) in [6, 6.07) is 12.5. The van der Waals surface area contributed by atoms with E-state index >= 15 is 0 Å². The van der Waals surface area contributed by atoms with Crippen molar-refractivity contribution >= 4 is 28.9 Å². The predicted molar refractivity (Wildman–Crippen MR) is 151 cm³/mol. The van der Waals surface area contributed by atoms with Crippen molar-refractivity contribution in [3.63, 3.8) is 0 Å². The molecule has 0 aliphatic carbocycles. The van der Waals surface area contributed by atoms with E-state index in [1.807, 2.05) is 25.1 Å². The zero-order valence-corrected chi connectivity index (χ0v) is 23.6. The fraction of sp³-hybridized carbons (Fsp3) is 0.300. The molecule has 2 aliphatic rings. The molecule has 1 atom stereocenters. The van der Waals surface area contributed by atoms with Crippen molar-refractivity contribution in [3.8, 4) is 21.9 Å². The van der Waals surface area contributed by atoms with Crippen LogP contribution in [0, 0.1) is 12.7 Å². The quantitative estimate of drug-likeness (QED) is 0.262. The minimum absolute atomic E-state index is 0.0717. The number of aromatic nitrogens is 2. The van der Waals surface area contributed by atoms with Crippen LogP contribution in [0.1, 0.15) is 57.9 Å². The number of aryl methyl sites for hydroxylation is 1. The lowest BCUT2D eigenvalue weighted by atomic mass is 9.88. The minimum Gasteiger partial charge on any atom is -0.476 e. The Bertz CT molecular complexity index is 1600. The molecule has 2 aliphatic heterocycles. The number of hydrogen-bond acceptors (Lipinski definition) is 7. The highest BCUT2D eigenvalue weighted by Gasteiger charge is 2.43. The number of likely N-dealkylation sites (tertiary alicyclic amines) is 1. The van der Waals surface area contributed by atoms with Gasteiger partial charge in [0.1, 0.15) is 5.82 Å². The number of carbonyl (C=O) groups is 1. The molecule has 0 radical (unpaired) electrons. The molecule has 4 heterocycles. The summed E-state index contributed by atoms with van der Waals surface area (Å²) >= 11 is 7.10. The van der Waals surface area contributed by atoms with Crippen LogP contribution >= 0.6 is 22.9 Å². The van der Waals surface area contributed by atoms with Gasteiger partial charge in [0.25, 0.3) is 5.79 Å². The molecular formula is C30H27ClFN3O4S. The van der Waals surface area contributed by atoms with E-state index in [0.29, 0.717) is 28.0 Å². The number of carboxylic acid groups (broad SMARTS) is 1. The maximum absolute atomic E-state index is 14.7. The molecule has 0 bridgehead atoms. The lowest BCUT2D eigenvalue weighted by Crippen LogP contribution is -2.34. The first-order valence-corrected chi connectivity index (χ1v) is 14.2. The molecule has 206 valence electrons. The van der Waals surface area contributed by atoms with Crippen LogP contribution in [0.4, 0.5) is 4.39 Å². The number of benzene rings is 2. The van der Waals surface area contributed by atoms with E-state index in [-0.39, 0.29) is 5.01 Å². The molecule has 0 saturated carbocycles. The second-order valence-corrected chi connectivity index (χ2v) is 11.8. The molecule has 1 saturated heterocycles. The average Bonchev–Trinajstić information content (AvgIpc) is 3.55. The fourth-order valence-corrected chi connectivity index (χ4v) is 6.36. The van der Waals surface area contributed by atoms with Crippen molar-refractivity contribution in [2.75, 3.05) is 13.1 Å². The predicted octanol–water partition coefficient (Wildman–Crippen LogP) is 7.03. The lowest BCUT2D eigenvalue weighted by Gasteiger charge is -2.32. The summed E-state index contributed by atoms with van der Waals surface area (Å²) in [5, 5.41) is 9.54. The van der Waals surface area contributed by atoms with Gasteiger partial charge in [-0.3, -0.25) is 9.88 Å². The molecule has 0 spiro atoms. The Morgan fingerprint density at radius 2 is 1.98 bits per heavy atom. The number of piperidine rings is 1. The Labute approximate surface area is 240 Å². The van der Waals surface area contributed by atoms with Crippen LogP contribution in [-0.2, 0) is 12.3 Å². The van der Waals surface area contributed by atoms with Gasteiger partial charge in [-0.1, -0.05) is 23.7 Å². The molecule has 0 unspecified atom stereocenters. The monoisotopic (exact) mass is 579 g/mol. The second kappa shape index (κ2) is 10.5. The molecule has 10 heteroatoms. The fourth-order valence-electron chi connectivity index (χ4n) is 5.46. The largest absolute Gasteiger partial charge is 0.476 e. The van der Waals surface area contributed by atoms with E-state index in [4.69, 9.17) is 31.2 Å². The van der Waals surface area contributed by atoms with Crippen LogP contribution in [0.15, 0.2) is 54.9 Å². The SMILES string of the molecule is Cc1cc(-c2cnc(C(=O)O)s2)cnc1CN1CCC(c2cccc3c2O[C@@](C)(c2ccc(Cl)cc2F)O3)CC1. The standard InChI is InChI=1S/C30H27ClFN3O4S/c1-17-12-19(26-15-34-28(40-26)29(36)37)14-33-24(17)16-35-10-8-18(9-11-35)21-4-3-5-25-27(21)39-30(2,38-25)22-7-6-20(31)13-23(22)32/h3-7,12-15,18H,8-11,16H2,1-2H3,(H,36,37)/t30-/m0/s1. The topological polar surface area (TPSA) is 84.8 Å². The van der Waals surface area contributed by atoms with Crippen molar-refractivity contribution in [1.82, 2.24) is 14.9 Å². The molecule has 2 aromatic carbocycles. The number of pyridine rings is 1. The van der Waals surface area contributed by atoms with Crippen LogP contribution in [0.3, 0.4) is 0 Å². The summed E-state index contributed by atoms with van der Waals surface area (Å²) in [6.45, 7) is 6.30. The van der Waals surface area contributed by atoms with Gasteiger partial charge in [0.15, 0.2) is 11.5 Å². The van der Waals surface area contributed by atoms with E-state index in [9.17, 15) is 9.18 Å². The zero-order valence-electron chi connectivity index (χ0n) is 22.0. The summed E-state index contributed by atoms with van der Waals surface area (Å²) in [5.41, 5.74) is 4.32. The Kier molecular flexibility index (Phi) is 6.98. The number of nitrogens with zero attached hydrogens (tertiary/aromatic N) is 3. The van der Waals surface area contributed by atoms with Crippen LogP contribution in [0.2, 0.25) is 5.02 Å². The van der Waals surface area contributed by atoms with Crippen molar-refractivity contribution in [2.45, 2.75) is 44.9 Å². The highest BCUT2D eigenvalue weighted by Crippen LogP contribution is 2.49. The summed E-state index contributed by atoms with van der Waals surface area (Å²) in [4.78, 5) is 23.0. The third-order valence-corrected chi connectivity index (χ3v) is 8.86. The van der Waals surface area contributed by atoms with Gasteiger partial charge in [-0.2, -0.15) is 0 Å². The number of rotatable bonds is 6. The summed E-state index contributed by atoms with van der Waals surface area (Å²) in [5.74, 6) is -1.17. The number of ether oxygens (including phenoxy) is 2. The van der Waals surface area contributed by atoms with Crippen molar-refractivity contribution < 1.29 is 23.8 Å². The Morgan fingerprint density at radius 1 is 1.18 bits per heavy atom. The van der Waals surface area contributed by atoms with Crippen molar-refractivity contribution in [3.05, 3.63) is 93.1 Å². The first kappa shape index (κ1) is 26.7. The van der Waals surface area contributed by atoms with E-state index in [0.717, 1.165) is 71.1 Å². The first-order valence-electron chi connectivity index (χ1n) is 13.0. The van der Waals surface area contributed by atoms with Gasteiger partial charge < -0.3 is 14.6 Å². The summed E-state index contributed by atoms with van der Waals surface area (Å²) < 4.78 is 27.2. The maximum Gasteiger partial charge on any atom is 0.365 e. The van der Waals surface area contributed by atoms with E-state index < -0.39 is 17.6 Å². The van der Waals surface area contributed by atoms with Crippen LogP contribution in [-0.4, -0.2) is 39.0 Å². The van der Waals surface area contributed by atoms with Gasteiger partial charge in [0.2, 0.25) is 5.01 Å². The Hall–Kier alpha value is -3.53. The molecular weight excluding hydrogens is 553 g/mol. The Balaban J connectivity index is 1.12. The first-order chi connectivity index (χ1) is 19.2. The molecule has 6 rings (SSSR count).